The van der Waals surface area contributed by atoms with Crippen molar-refractivity contribution in [3.05, 3.63) is 59.2 Å². The predicted molar refractivity (Wildman–Crippen MR) is 112 cm³/mol. The van der Waals surface area contributed by atoms with Crippen LogP contribution in [-0.2, 0) is 21.2 Å². The Morgan fingerprint density at radius 3 is 2.41 bits per heavy atom. The molecule has 0 spiro atoms. The number of esters is 1. The molecule has 1 aliphatic heterocycles. The van der Waals surface area contributed by atoms with Crippen LogP contribution in [0.3, 0.4) is 0 Å². The molecule has 1 unspecified atom stereocenters. The smallest absolute Gasteiger partial charge is 0.338 e. The molecule has 0 fully saturated rings. The summed E-state index contributed by atoms with van der Waals surface area (Å²) in [4.78, 5) is 24.4. The van der Waals surface area contributed by atoms with Crippen molar-refractivity contribution in [1.29, 1.82) is 0 Å². The number of carbonyl (C=O) groups excluding carboxylic acids is 2. The lowest BCUT2D eigenvalue weighted by Gasteiger charge is -2.21. The molecule has 1 amide bonds. The molecular weight excluding hydrogens is 392 g/mol. The molecule has 154 valence electrons. The summed E-state index contributed by atoms with van der Waals surface area (Å²) in [6.45, 7) is 4.13. The third kappa shape index (κ3) is 4.59. The van der Waals surface area contributed by atoms with Crippen molar-refractivity contribution in [2.24, 2.45) is 0 Å². The van der Waals surface area contributed by atoms with Crippen LogP contribution >= 0.6 is 0 Å². The van der Waals surface area contributed by atoms with Crippen molar-refractivity contribution in [3.8, 4) is 0 Å². The highest BCUT2D eigenvalue weighted by Gasteiger charge is 2.32. The zero-order chi connectivity index (χ0) is 21.2. The maximum atomic E-state index is 12.6. The fourth-order valence-electron chi connectivity index (χ4n) is 3.42. The Hall–Kier alpha value is -2.87. The summed E-state index contributed by atoms with van der Waals surface area (Å²) >= 11 is 0. The molecule has 0 aromatic heterocycles. The summed E-state index contributed by atoms with van der Waals surface area (Å²) in [5.41, 5.74) is 2.85. The van der Waals surface area contributed by atoms with Gasteiger partial charge in [-0.2, -0.15) is 0 Å². The fraction of sp³-hybridized carbons (Fsp3) is 0.333. The van der Waals surface area contributed by atoms with Gasteiger partial charge in [0, 0.05) is 17.3 Å². The van der Waals surface area contributed by atoms with E-state index in [1.54, 1.807) is 42.5 Å². The Kier molecular flexibility index (Phi) is 5.93. The second-order valence-corrected chi connectivity index (χ2v) is 8.98. The number of rotatable bonds is 6. The van der Waals surface area contributed by atoms with Crippen LogP contribution in [0, 0.1) is 0 Å². The van der Waals surface area contributed by atoms with Crippen molar-refractivity contribution in [2.45, 2.75) is 32.7 Å². The van der Waals surface area contributed by atoms with Crippen LogP contribution in [0.1, 0.15) is 46.5 Å². The van der Waals surface area contributed by atoms with Crippen molar-refractivity contribution in [2.75, 3.05) is 22.5 Å². The Balaban J connectivity index is 1.72. The van der Waals surface area contributed by atoms with Gasteiger partial charge < -0.3 is 10.1 Å². The van der Waals surface area contributed by atoms with Crippen molar-refractivity contribution >= 4 is 33.3 Å². The van der Waals surface area contributed by atoms with E-state index in [0.29, 0.717) is 35.5 Å². The van der Waals surface area contributed by atoms with Gasteiger partial charge in [-0.15, -0.1) is 0 Å². The van der Waals surface area contributed by atoms with Gasteiger partial charge in [-0.05, 0) is 67.8 Å². The predicted octanol–water partition coefficient (Wildman–Crippen LogP) is 3.22. The van der Waals surface area contributed by atoms with Gasteiger partial charge in [0.1, 0.15) is 0 Å². The first-order chi connectivity index (χ1) is 13.7. The van der Waals surface area contributed by atoms with Gasteiger partial charge in [-0.25, -0.2) is 13.2 Å². The number of sulfonamides is 1. The fourth-order valence-corrected chi connectivity index (χ4v) is 4.68. The lowest BCUT2D eigenvalue weighted by atomic mass is 10.1. The second-order valence-electron chi connectivity index (χ2n) is 7.12. The van der Waals surface area contributed by atoms with Crippen LogP contribution in [0.5, 0.6) is 0 Å². The van der Waals surface area contributed by atoms with Crippen LogP contribution in [0.4, 0.5) is 11.4 Å². The SMILES string of the molecule is CCCOC(=O)c1ccc(NC(=O)c2ccc3c(c2)CC(C)N3S(C)(=O)=O)cc1. The molecule has 0 bridgehead atoms. The first kappa shape index (κ1) is 20.9. The van der Waals surface area contributed by atoms with Gasteiger partial charge >= 0.3 is 5.97 Å². The average Bonchev–Trinajstić information content (AvgIpc) is 3.01. The average molecular weight is 416 g/mol. The lowest BCUT2D eigenvalue weighted by molar-refractivity contribution is 0.0505. The minimum atomic E-state index is -3.37. The van der Waals surface area contributed by atoms with Crippen molar-refractivity contribution in [3.63, 3.8) is 0 Å². The number of carbonyl (C=O) groups is 2. The second kappa shape index (κ2) is 8.24. The number of hydrogen-bond acceptors (Lipinski definition) is 5. The molecule has 0 aliphatic carbocycles. The van der Waals surface area contributed by atoms with E-state index in [1.807, 2.05) is 13.8 Å². The maximum Gasteiger partial charge on any atom is 0.338 e. The Bertz CT molecular complexity index is 1030. The van der Waals surface area contributed by atoms with Gasteiger partial charge in [-0.1, -0.05) is 6.92 Å². The third-order valence-electron chi connectivity index (χ3n) is 4.67. The van der Waals surface area contributed by atoms with Crippen molar-refractivity contribution in [1.82, 2.24) is 0 Å². The first-order valence-corrected chi connectivity index (χ1v) is 11.3. The standard InChI is InChI=1S/C21H24N2O5S/c1-4-11-28-21(25)15-5-8-18(9-6-15)22-20(24)16-7-10-19-17(13-16)12-14(2)23(19)29(3,26)27/h5-10,13-14H,4,11-12H2,1-3H3,(H,22,24). The molecule has 1 atom stereocenters. The third-order valence-corrected chi connectivity index (χ3v) is 5.94. The summed E-state index contributed by atoms with van der Waals surface area (Å²) in [5.74, 6) is -0.701. The van der Waals surface area contributed by atoms with E-state index in [0.717, 1.165) is 12.0 Å². The summed E-state index contributed by atoms with van der Waals surface area (Å²) in [7, 11) is -3.37. The molecule has 8 heteroatoms. The summed E-state index contributed by atoms with van der Waals surface area (Å²) < 4.78 is 30.5. The number of hydrogen-bond donors (Lipinski definition) is 1. The minimum Gasteiger partial charge on any atom is -0.462 e. The highest BCUT2D eigenvalue weighted by atomic mass is 32.2. The Labute approximate surface area is 170 Å². The van der Waals surface area contributed by atoms with E-state index in [-0.39, 0.29) is 11.9 Å². The highest BCUT2D eigenvalue weighted by Crippen LogP contribution is 2.34. The zero-order valence-corrected chi connectivity index (χ0v) is 17.5. The zero-order valence-electron chi connectivity index (χ0n) is 16.6. The Morgan fingerprint density at radius 2 is 1.79 bits per heavy atom. The number of benzene rings is 2. The van der Waals surface area contributed by atoms with Crippen LogP contribution in [0.25, 0.3) is 0 Å². The largest absolute Gasteiger partial charge is 0.462 e. The van der Waals surface area contributed by atoms with Gasteiger partial charge in [-0.3, -0.25) is 9.10 Å². The molecule has 1 N–H and O–H groups in total. The number of amides is 1. The van der Waals surface area contributed by atoms with Gasteiger partial charge in [0.2, 0.25) is 10.0 Å². The molecule has 2 aromatic carbocycles. The quantitative estimate of drug-likeness (QED) is 0.730. The van der Waals surface area contributed by atoms with Gasteiger partial charge in [0.15, 0.2) is 0 Å². The van der Waals surface area contributed by atoms with E-state index in [1.165, 1.54) is 10.6 Å². The number of nitrogens with one attached hydrogen (secondary N) is 1. The van der Waals surface area contributed by atoms with E-state index >= 15 is 0 Å². The van der Waals surface area contributed by atoms with Crippen LogP contribution in [0.15, 0.2) is 42.5 Å². The van der Waals surface area contributed by atoms with E-state index < -0.39 is 16.0 Å². The minimum absolute atomic E-state index is 0.182. The van der Waals surface area contributed by atoms with Crippen LogP contribution in [-0.4, -0.2) is 39.2 Å². The molecule has 0 saturated carbocycles. The maximum absolute atomic E-state index is 12.6. The molecular formula is C21H24N2O5S. The first-order valence-electron chi connectivity index (χ1n) is 9.41. The van der Waals surface area contributed by atoms with Crippen LogP contribution < -0.4 is 9.62 Å². The summed E-state index contributed by atoms with van der Waals surface area (Å²) in [5, 5.41) is 2.79. The Morgan fingerprint density at radius 1 is 1.14 bits per heavy atom. The molecule has 7 nitrogen and oxygen atoms in total. The monoisotopic (exact) mass is 416 g/mol. The summed E-state index contributed by atoms with van der Waals surface area (Å²) in [6.07, 6.45) is 2.49. The lowest BCUT2D eigenvalue weighted by Crippen LogP contribution is -2.34. The normalized spacial score (nSPS) is 15.7. The number of ether oxygens (including phenoxy) is 1. The molecule has 2 aromatic rings. The molecule has 3 rings (SSSR count). The van der Waals surface area contributed by atoms with Gasteiger partial charge in [0.05, 0.1) is 24.1 Å². The number of fused-ring (bicyclic) bond motifs is 1. The van der Waals surface area contributed by atoms with Gasteiger partial charge in [0.25, 0.3) is 5.91 Å². The number of nitrogens with zero attached hydrogens (tertiary/aromatic N) is 1. The number of anilines is 2. The van der Waals surface area contributed by atoms with E-state index in [4.69, 9.17) is 4.74 Å². The highest BCUT2D eigenvalue weighted by molar-refractivity contribution is 7.92. The topological polar surface area (TPSA) is 92.8 Å². The summed E-state index contributed by atoms with van der Waals surface area (Å²) in [6, 6.07) is 11.3. The van der Waals surface area contributed by atoms with E-state index in [9.17, 15) is 18.0 Å². The van der Waals surface area contributed by atoms with Crippen LogP contribution in [0.2, 0.25) is 0 Å². The molecule has 29 heavy (non-hydrogen) atoms. The molecule has 1 heterocycles. The van der Waals surface area contributed by atoms with Crippen molar-refractivity contribution < 1.29 is 22.7 Å². The molecule has 0 radical (unpaired) electrons. The molecule has 0 saturated heterocycles. The molecule has 1 aliphatic rings. The van der Waals surface area contributed by atoms with E-state index in [2.05, 4.69) is 5.32 Å².